The summed E-state index contributed by atoms with van der Waals surface area (Å²) in [5.41, 5.74) is 0. The molecule has 2 aliphatic heterocycles. The van der Waals surface area contributed by atoms with Gasteiger partial charge >= 0.3 is 0 Å². The molecular weight excluding hydrogens is 282 g/mol. The fraction of sp³-hybridized carbons (Fsp3) is 0.938. The molecule has 22 heavy (non-hydrogen) atoms. The van der Waals surface area contributed by atoms with Crippen molar-refractivity contribution >= 4 is 5.91 Å². The molecule has 126 valence electrons. The van der Waals surface area contributed by atoms with Gasteiger partial charge in [-0.05, 0) is 38.8 Å². The van der Waals surface area contributed by atoms with E-state index in [1.807, 2.05) is 0 Å². The van der Waals surface area contributed by atoms with Gasteiger partial charge in [0.2, 0.25) is 5.91 Å². The highest BCUT2D eigenvalue weighted by atomic mass is 16.5. The molecule has 0 spiro atoms. The van der Waals surface area contributed by atoms with Crippen LogP contribution in [0.4, 0.5) is 0 Å². The Morgan fingerprint density at radius 1 is 1.18 bits per heavy atom. The van der Waals surface area contributed by atoms with E-state index in [1.165, 1.54) is 0 Å². The Kier molecular flexibility index (Phi) is 5.68. The van der Waals surface area contributed by atoms with Crippen molar-refractivity contribution in [3.8, 4) is 0 Å². The minimum absolute atomic E-state index is 0.0171. The number of amides is 1. The molecule has 2 heterocycles. The molecule has 0 aromatic carbocycles. The maximum absolute atomic E-state index is 12.0. The smallest absolute Gasteiger partial charge is 0.223 e. The van der Waals surface area contributed by atoms with Gasteiger partial charge in [0.1, 0.15) is 6.10 Å². The van der Waals surface area contributed by atoms with Crippen molar-refractivity contribution in [1.82, 2.24) is 16.0 Å². The summed E-state index contributed by atoms with van der Waals surface area (Å²) < 4.78 is 5.69. The zero-order valence-electron chi connectivity index (χ0n) is 13.2. The summed E-state index contributed by atoms with van der Waals surface area (Å²) in [4.78, 5) is 12.0. The van der Waals surface area contributed by atoms with E-state index in [0.29, 0.717) is 19.2 Å². The van der Waals surface area contributed by atoms with Crippen LogP contribution in [0.5, 0.6) is 0 Å². The average Bonchev–Trinajstić information content (AvgIpc) is 3.18. The summed E-state index contributed by atoms with van der Waals surface area (Å²) in [6, 6.07) is 0.438. The highest BCUT2D eigenvalue weighted by Gasteiger charge is 2.37. The van der Waals surface area contributed by atoms with Gasteiger partial charge in [0.25, 0.3) is 0 Å². The molecule has 3 fully saturated rings. The Morgan fingerprint density at radius 2 is 1.91 bits per heavy atom. The second-order valence-electron chi connectivity index (χ2n) is 6.89. The average molecular weight is 311 g/mol. The van der Waals surface area contributed by atoms with E-state index in [0.717, 1.165) is 51.6 Å². The maximum atomic E-state index is 12.0. The number of hydrogen-bond acceptors (Lipinski definition) is 5. The molecule has 0 bridgehead atoms. The Hall–Kier alpha value is -0.690. The van der Waals surface area contributed by atoms with Crippen molar-refractivity contribution in [3.63, 3.8) is 0 Å². The van der Waals surface area contributed by atoms with E-state index >= 15 is 0 Å². The van der Waals surface area contributed by atoms with Gasteiger partial charge in [-0.3, -0.25) is 4.79 Å². The molecule has 3 rings (SSSR count). The zero-order chi connectivity index (χ0) is 15.4. The first-order chi connectivity index (χ1) is 10.7. The lowest BCUT2D eigenvalue weighted by Crippen LogP contribution is -2.51. The van der Waals surface area contributed by atoms with E-state index in [2.05, 4.69) is 16.0 Å². The van der Waals surface area contributed by atoms with Gasteiger partial charge in [0.15, 0.2) is 0 Å². The summed E-state index contributed by atoms with van der Waals surface area (Å²) in [5.74, 6) is 0.297. The molecule has 6 nitrogen and oxygen atoms in total. The topological polar surface area (TPSA) is 82.6 Å². The number of aliphatic hydroxyl groups excluding tert-OH is 1. The second-order valence-corrected chi connectivity index (χ2v) is 6.89. The van der Waals surface area contributed by atoms with Crippen LogP contribution in [-0.4, -0.2) is 61.5 Å². The normalized spacial score (nSPS) is 34.1. The van der Waals surface area contributed by atoms with Crippen molar-refractivity contribution in [2.24, 2.45) is 5.92 Å². The van der Waals surface area contributed by atoms with Crippen LogP contribution in [0.25, 0.3) is 0 Å². The molecule has 0 radical (unpaired) electrons. The van der Waals surface area contributed by atoms with Crippen LogP contribution < -0.4 is 16.0 Å². The first-order valence-electron chi connectivity index (χ1n) is 8.78. The second kappa shape index (κ2) is 7.73. The SMILES string of the molecule is O=C(NC[C@H]1OC[C@@H](NC2CCNCC2)[C@@H]1O)C1CCCC1. The molecule has 2 saturated heterocycles. The molecule has 0 unspecified atom stereocenters. The third kappa shape index (κ3) is 3.98. The van der Waals surface area contributed by atoms with E-state index in [-0.39, 0.29) is 24.0 Å². The van der Waals surface area contributed by atoms with Gasteiger partial charge in [-0.25, -0.2) is 0 Å². The van der Waals surface area contributed by atoms with Crippen LogP contribution in [-0.2, 0) is 9.53 Å². The van der Waals surface area contributed by atoms with E-state index in [9.17, 15) is 9.90 Å². The lowest BCUT2D eigenvalue weighted by Gasteiger charge is -2.28. The van der Waals surface area contributed by atoms with Crippen LogP contribution in [0.1, 0.15) is 38.5 Å². The first-order valence-corrected chi connectivity index (χ1v) is 8.78. The fourth-order valence-corrected chi connectivity index (χ4v) is 3.83. The number of ether oxygens (including phenoxy) is 1. The minimum Gasteiger partial charge on any atom is -0.389 e. The summed E-state index contributed by atoms with van der Waals surface area (Å²) in [5, 5.41) is 20.2. The summed E-state index contributed by atoms with van der Waals surface area (Å²) in [6.07, 6.45) is 5.66. The van der Waals surface area contributed by atoms with Gasteiger partial charge in [0.05, 0.1) is 18.8 Å². The Labute approximate surface area is 132 Å². The van der Waals surface area contributed by atoms with Gasteiger partial charge in [-0.1, -0.05) is 12.8 Å². The van der Waals surface area contributed by atoms with Crippen LogP contribution in [0.2, 0.25) is 0 Å². The van der Waals surface area contributed by atoms with Gasteiger partial charge in [0, 0.05) is 18.5 Å². The van der Waals surface area contributed by atoms with Gasteiger partial charge in [-0.2, -0.15) is 0 Å². The molecule has 3 aliphatic rings. The third-order valence-corrected chi connectivity index (χ3v) is 5.28. The molecule has 6 heteroatoms. The largest absolute Gasteiger partial charge is 0.389 e. The number of hydrogen-bond donors (Lipinski definition) is 4. The minimum atomic E-state index is -0.543. The quantitative estimate of drug-likeness (QED) is 0.563. The Balaban J connectivity index is 1.40. The van der Waals surface area contributed by atoms with E-state index < -0.39 is 6.10 Å². The Morgan fingerprint density at radius 3 is 2.64 bits per heavy atom. The monoisotopic (exact) mass is 311 g/mol. The predicted molar refractivity (Wildman–Crippen MR) is 83.5 cm³/mol. The molecule has 0 aromatic heterocycles. The number of carbonyl (C=O) groups excluding carboxylic acids is 1. The van der Waals surface area contributed by atoms with Crippen molar-refractivity contribution in [1.29, 1.82) is 0 Å². The number of piperidine rings is 1. The highest BCUT2D eigenvalue weighted by molar-refractivity contribution is 5.78. The molecule has 1 aliphatic carbocycles. The molecule has 0 aromatic rings. The number of carbonyl (C=O) groups is 1. The third-order valence-electron chi connectivity index (χ3n) is 5.28. The van der Waals surface area contributed by atoms with E-state index in [4.69, 9.17) is 4.74 Å². The number of rotatable bonds is 5. The van der Waals surface area contributed by atoms with Gasteiger partial charge in [-0.15, -0.1) is 0 Å². The van der Waals surface area contributed by atoms with Gasteiger partial charge < -0.3 is 25.8 Å². The van der Waals surface area contributed by atoms with Crippen LogP contribution in [0.15, 0.2) is 0 Å². The highest BCUT2D eigenvalue weighted by Crippen LogP contribution is 2.24. The summed E-state index contributed by atoms with van der Waals surface area (Å²) in [7, 11) is 0. The fourth-order valence-electron chi connectivity index (χ4n) is 3.83. The lowest BCUT2D eigenvalue weighted by molar-refractivity contribution is -0.125. The van der Waals surface area contributed by atoms with Crippen LogP contribution in [0, 0.1) is 5.92 Å². The number of nitrogens with one attached hydrogen (secondary N) is 3. The summed E-state index contributed by atoms with van der Waals surface area (Å²) >= 11 is 0. The van der Waals surface area contributed by atoms with Crippen molar-refractivity contribution in [2.45, 2.75) is 62.8 Å². The van der Waals surface area contributed by atoms with Crippen molar-refractivity contribution in [3.05, 3.63) is 0 Å². The molecule has 3 atom stereocenters. The first kappa shape index (κ1) is 16.2. The number of aliphatic hydroxyl groups is 1. The van der Waals surface area contributed by atoms with Crippen molar-refractivity contribution in [2.75, 3.05) is 26.2 Å². The Bertz CT molecular complexity index is 368. The van der Waals surface area contributed by atoms with Crippen molar-refractivity contribution < 1.29 is 14.6 Å². The molecular formula is C16H29N3O3. The predicted octanol–water partition coefficient (Wildman–Crippen LogP) is -0.237. The molecule has 1 amide bonds. The maximum Gasteiger partial charge on any atom is 0.223 e. The summed E-state index contributed by atoms with van der Waals surface area (Å²) in [6.45, 7) is 3.00. The zero-order valence-corrected chi connectivity index (χ0v) is 13.2. The van der Waals surface area contributed by atoms with E-state index in [1.54, 1.807) is 0 Å². The molecule has 4 N–H and O–H groups in total. The lowest BCUT2D eigenvalue weighted by atomic mass is 10.0. The standard InChI is InChI=1S/C16H29N3O3/c20-15-13(19-12-5-7-17-8-6-12)10-22-14(15)9-18-16(21)11-3-1-2-4-11/h11-15,17,19-20H,1-10H2,(H,18,21)/t13-,14-,15+/m1/s1. The van der Waals surface area contributed by atoms with Crippen LogP contribution in [0.3, 0.4) is 0 Å². The molecule has 1 saturated carbocycles. The van der Waals surface area contributed by atoms with Crippen LogP contribution >= 0.6 is 0 Å².